The topological polar surface area (TPSA) is 67.1 Å². The largest absolute Gasteiger partial charge is 0.356 e. The Kier molecular flexibility index (Phi) is 7.35. The number of nitrogens with one attached hydrogen (secondary N) is 2. The van der Waals surface area contributed by atoms with Gasteiger partial charge in [0.15, 0.2) is 11.8 Å². The number of aliphatic imine (C=N–C) groups is 1. The summed E-state index contributed by atoms with van der Waals surface area (Å²) >= 11 is 1.81. The van der Waals surface area contributed by atoms with Crippen LogP contribution in [0.25, 0.3) is 0 Å². The fraction of sp³-hybridized carbons (Fsp3) is 0.353. The van der Waals surface area contributed by atoms with Gasteiger partial charge in [0.1, 0.15) is 12.4 Å². The molecule has 0 spiro atoms. The van der Waals surface area contributed by atoms with Gasteiger partial charge in [-0.15, -0.1) is 28.5 Å². The molecule has 7 heteroatoms. The lowest BCUT2D eigenvalue weighted by Gasteiger charge is -2.11. The molecule has 0 saturated carbocycles. The van der Waals surface area contributed by atoms with Crippen molar-refractivity contribution in [3.8, 4) is 0 Å². The van der Waals surface area contributed by atoms with Crippen LogP contribution in [0.5, 0.6) is 0 Å². The zero-order valence-corrected chi connectivity index (χ0v) is 15.0. The summed E-state index contributed by atoms with van der Waals surface area (Å²) in [5, 5.41) is 14.7. The minimum atomic E-state index is 0.482. The number of aryl methyl sites for hydroxylation is 1. The second kappa shape index (κ2) is 9.77. The van der Waals surface area contributed by atoms with Gasteiger partial charge in [-0.25, -0.2) is 4.99 Å². The summed E-state index contributed by atoms with van der Waals surface area (Å²) in [7, 11) is 1.95. The Morgan fingerprint density at radius 2 is 2.08 bits per heavy atom. The second-order valence-electron chi connectivity index (χ2n) is 5.15. The summed E-state index contributed by atoms with van der Waals surface area (Å²) in [5.74, 6) is 3.44. The van der Waals surface area contributed by atoms with Gasteiger partial charge < -0.3 is 15.2 Å². The minimum Gasteiger partial charge on any atom is -0.356 e. The fourth-order valence-corrected chi connectivity index (χ4v) is 2.73. The fourth-order valence-electron chi connectivity index (χ4n) is 1.94. The van der Waals surface area contributed by atoms with Crippen molar-refractivity contribution in [1.29, 1.82) is 0 Å². The molecular weight excluding hydrogens is 320 g/mol. The first-order chi connectivity index (χ1) is 11.7. The molecule has 2 rings (SSSR count). The predicted octanol–water partition coefficient (Wildman–Crippen LogP) is 2.14. The Labute approximate surface area is 147 Å². The van der Waals surface area contributed by atoms with Crippen LogP contribution in [0.1, 0.15) is 11.6 Å². The number of benzene rings is 1. The molecule has 2 aromatic rings. The number of hydrogen-bond donors (Lipinski definition) is 2. The van der Waals surface area contributed by atoms with E-state index in [0.717, 1.165) is 29.9 Å². The van der Waals surface area contributed by atoms with E-state index in [4.69, 9.17) is 0 Å². The zero-order chi connectivity index (χ0) is 17.2. The molecule has 1 aromatic carbocycles. The van der Waals surface area contributed by atoms with Crippen LogP contribution in [0.2, 0.25) is 0 Å². The third-order valence-corrected chi connectivity index (χ3v) is 4.40. The molecule has 0 atom stereocenters. The van der Waals surface area contributed by atoms with E-state index in [9.17, 15) is 0 Å². The maximum absolute atomic E-state index is 4.56. The van der Waals surface area contributed by atoms with Crippen LogP contribution < -0.4 is 10.6 Å². The normalized spacial score (nSPS) is 11.3. The van der Waals surface area contributed by atoms with Gasteiger partial charge in [0.05, 0.1) is 0 Å². The highest BCUT2D eigenvalue weighted by Crippen LogP contribution is 2.15. The van der Waals surface area contributed by atoms with Gasteiger partial charge in [-0.3, -0.25) is 0 Å². The molecule has 0 aliphatic rings. The molecule has 1 aromatic heterocycles. The Morgan fingerprint density at radius 1 is 1.29 bits per heavy atom. The first kappa shape index (κ1) is 18.1. The Balaban J connectivity index is 1.84. The van der Waals surface area contributed by atoms with Crippen molar-refractivity contribution in [3.63, 3.8) is 0 Å². The van der Waals surface area contributed by atoms with Crippen LogP contribution in [0.3, 0.4) is 0 Å². The number of thioether (sulfide) groups is 1. The molecule has 0 aliphatic heterocycles. The number of aromatic nitrogens is 3. The van der Waals surface area contributed by atoms with Gasteiger partial charge in [-0.05, 0) is 19.1 Å². The summed E-state index contributed by atoms with van der Waals surface area (Å²) in [4.78, 5) is 5.83. The molecule has 0 unspecified atom stereocenters. The number of hydrogen-bond acceptors (Lipinski definition) is 4. The molecular formula is C17H24N6S. The van der Waals surface area contributed by atoms with Gasteiger partial charge in [-0.1, -0.05) is 24.3 Å². The van der Waals surface area contributed by atoms with E-state index in [1.165, 1.54) is 4.90 Å². The van der Waals surface area contributed by atoms with E-state index >= 15 is 0 Å². The van der Waals surface area contributed by atoms with Gasteiger partial charge in [0, 0.05) is 30.8 Å². The van der Waals surface area contributed by atoms with Gasteiger partial charge in [-0.2, -0.15) is 0 Å². The standard InChI is InChI=1S/C17H24N6S/c1-4-10-18-17(20-13-16-22-21-14(2)23(16)3)19-11-12-24-15-8-6-5-7-9-15/h4-9H,1,10-13H2,2-3H3,(H2,18,19,20). The van der Waals surface area contributed by atoms with Crippen molar-refractivity contribution in [3.05, 3.63) is 54.6 Å². The van der Waals surface area contributed by atoms with Crippen LogP contribution >= 0.6 is 11.8 Å². The maximum Gasteiger partial charge on any atom is 0.191 e. The molecule has 0 saturated heterocycles. The molecule has 6 nitrogen and oxygen atoms in total. The van der Waals surface area contributed by atoms with Crippen LogP contribution in [0.4, 0.5) is 0 Å². The van der Waals surface area contributed by atoms with Crippen molar-refractivity contribution in [1.82, 2.24) is 25.4 Å². The molecule has 1 heterocycles. The van der Waals surface area contributed by atoms with E-state index < -0.39 is 0 Å². The van der Waals surface area contributed by atoms with Crippen molar-refractivity contribution in [2.75, 3.05) is 18.8 Å². The third-order valence-electron chi connectivity index (χ3n) is 3.38. The van der Waals surface area contributed by atoms with Crippen molar-refractivity contribution in [2.24, 2.45) is 12.0 Å². The maximum atomic E-state index is 4.56. The highest BCUT2D eigenvalue weighted by Gasteiger charge is 2.04. The van der Waals surface area contributed by atoms with Gasteiger partial charge in [0.25, 0.3) is 0 Å². The first-order valence-corrected chi connectivity index (χ1v) is 8.85. The average Bonchev–Trinajstić information content (AvgIpc) is 2.93. The SMILES string of the molecule is C=CCNC(=NCc1nnc(C)n1C)NCCSc1ccccc1. The van der Waals surface area contributed by atoms with E-state index in [1.54, 1.807) is 0 Å². The lowest BCUT2D eigenvalue weighted by molar-refractivity contribution is 0.763. The number of nitrogens with zero attached hydrogens (tertiary/aromatic N) is 4. The second-order valence-corrected chi connectivity index (χ2v) is 6.31. The van der Waals surface area contributed by atoms with E-state index in [2.05, 4.69) is 56.7 Å². The summed E-state index contributed by atoms with van der Waals surface area (Å²) in [6, 6.07) is 10.4. The van der Waals surface area contributed by atoms with Crippen LogP contribution in [0, 0.1) is 6.92 Å². The summed E-state index contributed by atoms with van der Waals surface area (Å²) < 4.78 is 1.94. The highest BCUT2D eigenvalue weighted by atomic mass is 32.2. The van der Waals surface area contributed by atoms with Crippen LogP contribution in [-0.2, 0) is 13.6 Å². The smallest absolute Gasteiger partial charge is 0.191 e. The molecule has 24 heavy (non-hydrogen) atoms. The Hall–Kier alpha value is -2.28. The molecule has 0 radical (unpaired) electrons. The van der Waals surface area contributed by atoms with Crippen molar-refractivity contribution in [2.45, 2.75) is 18.4 Å². The number of guanidine groups is 1. The van der Waals surface area contributed by atoms with E-state index in [1.807, 2.05) is 42.4 Å². The monoisotopic (exact) mass is 344 g/mol. The van der Waals surface area contributed by atoms with Crippen LogP contribution in [0.15, 0.2) is 52.9 Å². The zero-order valence-electron chi connectivity index (χ0n) is 14.2. The third kappa shape index (κ3) is 5.73. The Morgan fingerprint density at radius 3 is 2.75 bits per heavy atom. The van der Waals surface area contributed by atoms with Crippen LogP contribution in [-0.4, -0.2) is 39.6 Å². The molecule has 0 bridgehead atoms. The average molecular weight is 344 g/mol. The molecule has 128 valence electrons. The lowest BCUT2D eigenvalue weighted by Crippen LogP contribution is -2.38. The lowest BCUT2D eigenvalue weighted by atomic mass is 10.4. The first-order valence-electron chi connectivity index (χ1n) is 7.86. The van der Waals surface area contributed by atoms with Crippen molar-refractivity contribution < 1.29 is 0 Å². The molecule has 0 fully saturated rings. The van der Waals surface area contributed by atoms with E-state index in [-0.39, 0.29) is 0 Å². The summed E-state index contributed by atoms with van der Waals surface area (Å²) in [6.45, 7) is 7.62. The summed E-state index contributed by atoms with van der Waals surface area (Å²) in [6.07, 6.45) is 1.81. The van der Waals surface area contributed by atoms with E-state index in [0.29, 0.717) is 13.1 Å². The number of rotatable bonds is 8. The quantitative estimate of drug-likeness (QED) is 0.252. The van der Waals surface area contributed by atoms with Crippen molar-refractivity contribution >= 4 is 17.7 Å². The summed E-state index contributed by atoms with van der Waals surface area (Å²) in [5.41, 5.74) is 0. The highest BCUT2D eigenvalue weighted by molar-refractivity contribution is 7.99. The molecule has 2 N–H and O–H groups in total. The molecule has 0 amide bonds. The van der Waals surface area contributed by atoms with Gasteiger partial charge in [0.2, 0.25) is 0 Å². The Bertz CT molecular complexity index is 665. The predicted molar refractivity (Wildman–Crippen MR) is 100 cm³/mol. The molecule has 0 aliphatic carbocycles. The minimum absolute atomic E-state index is 0.482. The van der Waals surface area contributed by atoms with Gasteiger partial charge >= 0.3 is 0 Å².